The van der Waals surface area contributed by atoms with Crippen LogP contribution in [0.3, 0.4) is 0 Å². The van der Waals surface area contributed by atoms with Crippen LogP contribution in [0.25, 0.3) is 6.08 Å². The van der Waals surface area contributed by atoms with Crippen LogP contribution >= 0.6 is 11.8 Å². The van der Waals surface area contributed by atoms with Gasteiger partial charge in [0.2, 0.25) is 0 Å². The van der Waals surface area contributed by atoms with E-state index in [9.17, 15) is 9.59 Å². The third kappa shape index (κ3) is 5.34. The summed E-state index contributed by atoms with van der Waals surface area (Å²) in [5, 5.41) is 3.23. The average molecular weight is 545 g/mol. The fourth-order valence-corrected chi connectivity index (χ4v) is 6.65. The second-order valence-corrected chi connectivity index (χ2v) is 11.7. The number of hydrogen-bond acceptors (Lipinski definition) is 3. The first-order valence-electron chi connectivity index (χ1n) is 13.8. The fraction of sp³-hybridized carbons (Fsp3) is 0.200. The smallest absolute Gasteiger partial charge is 0.265 e. The van der Waals surface area contributed by atoms with Crippen molar-refractivity contribution in [2.24, 2.45) is 0 Å². The van der Waals surface area contributed by atoms with Crippen molar-refractivity contribution < 1.29 is 9.59 Å². The number of thioether (sulfide) groups is 1. The zero-order chi connectivity index (χ0) is 27.6. The summed E-state index contributed by atoms with van der Waals surface area (Å²) >= 11 is 1.50. The molecule has 0 spiro atoms. The van der Waals surface area contributed by atoms with Crippen molar-refractivity contribution in [1.82, 2.24) is 5.32 Å². The number of anilines is 1. The molecule has 4 nitrogen and oxygen atoms in total. The van der Waals surface area contributed by atoms with Crippen molar-refractivity contribution in [1.29, 1.82) is 0 Å². The predicted octanol–water partition coefficient (Wildman–Crippen LogP) is 7.79. The zero-order valence-corrected chi connectivity index (χ0v) is 23.6. The highest BCUT2D eigenvalue weighted by molar-refractivity contribution is 8.04. The van der Waals surface area contributed by atoms with E-state index in [4.69, 9.17) is 0 Å². The maximum atomic E-state index is 13.8. The Morgan fingerprint density at radius 3 is 2.60 bits per heavy atom. The maximum Gasteiger partial charge on any atom is 0.265 e. The van der Waals surface area contributed by atoms with Crippen LogP contribution in [0, 0.1) is 13.8 Å². The van der Waals surface area contributed by atoms with Crippen LogP contribution in [0.1, 0.15) is 62.6 Å². The Morgan fingerprint density at radius 2 is 1.75 bits per heavy atom. The van der Waals surface area contributed by atoms with Gasteiger partial charge in [-0.2, -0.15) is 0 Å². The lowest BCUT2D eigenvalue weighted by Gasteiger charge is -2.31. The molecular weight excluding hydrogens is 512 g/mol. The van der Waals surface area contributed by atoms with Gasteiger partial charge in [0.25, 0.3) is 11.8 Å². The lowest BCUT2D eigenvalue weighted by molar-refractivity contribution is -0.114. The van der Waals surface area contributed by atoms with Crippen molar-refractivity contribution in [3.8, 4) is 0 Å². The number of para-hydroxylation sites is 1. The van der Waals surface area contributed by atoms with Crippen LogP contribution in [-0.4, -0.2) is 11.8 Å². The highest BCUT2D eigenvalue weighted by Gasteiger charge is 2.29. The summed E-state index contributed by atoms with van der Waals surface area (Å²) in [4.78, 5) is 30.5. The number of carbonyl (C=O) groups is 2. The molecule has 40 heavy (non-hydrogen) atoms. The van der Waals surface area contributed by atoms with Gasteiger partial charge in [-0.3, -0.25) is 9.59 Å². The van der Waals surface area contributed by atoms with Gasteiger partial charge in [0.1, 0.15) is 0 Å². The molecule has 200 valence electrons. The summed E-state index contributed by atoms with van der Waals surface area (Å²) in [7, 11) is 0. The van der Waals surface area contributed by atoms with E-state index >= 15 is 0 Å². The third-order valence-electron chi connectivity index (χ3n) is 7.81. The normalized spacial score (nSPS) is 17.4. The molecule has 0 unspecified atom stereocenters. The minimum absolute atomic E-state index is 0.0117. The molecule has 0 aromatic heterocycles. The summed E-state index contributed by atoms with van der Waals surface area (Å²) < 4.78 is 0. The van der Waals surface area contributed by atoms with E-state index in [-0.39, 0.29) is 17.9 Å². The van der Waals surface area contributed by atoms with Crippen molar-refractivity contribution in [2.45, 2.75) is 50.6 Å². The number of benzene rings is 4. The van der Waals surface area contributed by atoms with Gasteiger partial charge in [0.15, 0.2) is 0 Å². The molecule has 6 rings (SSSR count). The predicted molar refractivity (Wildman–Crippen MR) is 163 cm³/mol. The molecule has 2 amide bonds. The van der Waals surface area contributed by atoms with E-state index in [1.54, 1.807) is 0 Å². The largest absolute Gasteiger partial charge is 0.345 e. The number of carbonyl (C=O) groups excluding carboxylic acids is 2. The molecule has 1 N–H and O–H groups in total. The molecule has 4 aromatic rings. The Bertz CT molecular complexity index is 1620. The number of fused-ring (bicyclic) bond motifs is 2. The summed E-state index contributed by atoms with van der Waals surface area (Å²) in [6.07, 6.45) is 5.02. The lowest BCUT2D eigenvalue weighted by Crippen LogP contribution is -2.34. The molecule has 1 atom stereocenters. The van der Waals surface area contributed by atoms with E-state index < -0.39 is 0 Å². The average Bonchev–Trinajstić information content (AvgIpc) is 2.97. The molecule has 0 saturated carbocycles. The van der Waals surface area contributed by atoms with Crippen LogP contribution in [0.4, 0.5) is 5.69 Å². The van der Waals surface area contributed by atoms with Crippen molar-refractivity contribution in [3.63, 3.8) is 0 Å². The standard InChI is InChI=1S/C35H32N2O2S/c1-23-14-15-24(2)28(20-23)22-37-31-12-5-6-13-32(31)40-33(35(37)39)21-25-16-18-27(19-17-25)34(38)36-30-11-7-9-26-8-3-4-10-29(26)30/h3-6,8,10,12-21,30H,7,9,11,22H2,1-2H3,(H,36,38)/b33-21-/t30-/m1/s1. The number of amides is 2. The highest BCUT2D eigenvalue weighted by Crippen LogP contribution is 2.43. The molecule has 1 aliphatic heterocycles. The van der Waals surface area contributed by atoms with Gasteiger partial charge in [-0.15, -0.1) is 0 Å². The lowest BCUT2D eigenvalue weighted by atomic mass is 9.87. The molecule has 4 aromatic carbocycles. The minimum Gasteiger partial charge on any atom is -0.345 e. The molecule has 2 aliphatic rings. The summed E-state index contributed by atoms with van der Waals surface area (Å²) in [6.45, 7) is 4.68. The second kappa shape index (κ2) is 11.2. The van der Waals surface area contributed by atoms with E-state index in [1.165, 1.54) is 34.0 Å². The van der Waals surface area contributed by atoms with Gasteiger partial charge in [0.05, 0.1) is 23.2 Å². The molecule has 0 radical (unpaired) electrons. The van der Waals surface area contributed by atoms with Crippen LogP contribution < -0.4 is 10.2 Å². The number of rotatable bonds is 5. The van der Waals surface area contributed by atoms with E-state index in [2.05, 4.69) is 61.6 Å². The quantitative estimate of drug-likeness (QED) is 0.261. The Kier molecular flexibility index (Phi) is 7.31. The molecular formula is C35H32N2O2S. The minimum atomic E-state index is -0.0716. The zero-order valence-electron chi connectivity index (χ0n) is 22.8. The Balaban J connectivity index is 1.22. The molecule has 0 fully saturated rings. The number of nitrogens with zero attached hydrogens (tertiary/aromatic N) is 1. The van der Waals surface area contributed by atoms with Gasteiger partial charge < -0.3 is 10.2 Å². The van der Waals surface area contributed by atoms with Crippen molar-refractivity contribution in [3.05, 3.63) is 135 Å². The third-order valence-corrected chi connectivity index (χ3v) is 8.89. The molecule has 0 bridgehead atoms. The molecule has 1 heterocycles. The van der Waals surface area contributed by atoms with E-state index in [1.807, 2.05) is 59.5 Å². The molecule has 5 heteroatoms. The fourth-order valence-electron chi connectivity index (χ4n) is 5.59. The van der Waals surface area contributed by atoms with Gasteiger partial charge in [0, 0.05) is 10.5 Å². The van der Waals surface area contributed by atoms with E-state index in [0.29, 0.717) is 17.0 Å². The Labute approximate surface area is 240 Å². The van der Waals surface area contributed by atoms with E-state index in [0.717, 1.165) is 41.0 Å². The summed E-state index contributed by atoms with van der Waals surface area (Å²) in [5.41, 5.74) is 8.49. The summed E-state index contributed by atoms with van der Waals surface area (Å²) in [6, 6.07) is 30.4. The van der Waals surface area contributed by atoms with Gasteiger partial charge in [-0.1, -0.05) is 84.1 Å². The maximum absolute atomic E-state index is 13.8. The molecule has 0 saturated heterocycles. The Morgan fingerprint density at radius 1 is 0.975 bits per heavy atom. The van der Waals surface area contributed by atoms with Gasteiger partial charge in [-0.05, 0) is 91.3 Å². The van der Waals surface area contributed by atoms with Crippen LogP contribution in [0.2, 0.25) is 0 Å². The highest BCUT2D eigenvalue weighted by atomic mass is 32.2. The first-order valence-corrected chi connectivity index (χ1v) is 14.6. The first-order chi connectivity index (χ1) is 19.5. The van der Waals surface area contributed by atoms with Crippen LogP contribution in [0.5, 0.6) is 0 Å². The number of aryl methyl sites for hydroxylation is 3. The molecule has 1 aliphatic carbocycles. The Hall–Kier alpha value is -4.09. The number of nitrogens with one attached hydrogen (secondary N) is 1. The van der Waals surface area contributed by atoms with Crippen LogP contribution in [-0.2, 0) is 17.8 Å². The monoisotopic (exact) mass is 544 g/mol. The first kappa shape index (κ1) is 26.1. The van der Waals surface area contributed by atoms with Crippen molar-refractivity contribution >= 4 is 35.3 Å². The summed E-state index contributed by atoms with van der Waals surface area (Å²) in [5.74, 6) is -0.0833. The van der Waals surface area contributed by atoms with Gasteiger partial charge >= 0.3 is 0 Å². The second-order valence-electron chi connectivity index (χ2n) is 10.6. The van der Waals surface area contributed by atoms with Crippen LogP contribution in [0.15, 0.2) is 101 Å². The SMILES string of the molecule is Cc1ccc(C)c(CN2C(=O)/C(=C/c3ccc(C(=O)N[C@@H]4CCCc5ccccc54)cc3)Sc3ccccc32)c1. The topological polar surface area (TPSA) is 49.4 Å². The van der Waals surface area contributed by atoms with Gasteiger partial charge in [-0.25, -0.2) is 0 Å². The van der Waals surface area contributed by atoms with Crippen molar-refractivity contribution in [2.75, 3.05) is 4.90 Å². The number of hydrogen-bond donors (Lipinski definition) is 1.